The molecule has 0 aliphatic carbocycles. The van der Waals surface area contributed by atoms with Gasteiger partial charge in [0.2, 0.25) is 0 Å². The molecule has 0 aliphatic rings. The molecule has 64 valence electrons. The molecule has 0 N–H and O–H groups in total. The molecule has 0 aromatic heterocycles. The first-order chi connectivity index (χ1) is 5.93. The lowest BCUT2D eigenvalue weighted by atomic mass is 10.2. The van der Waals surface area contributed by atoms with Crippen molar-refractivity contribution in [2.45, 2.75) is 20.4 Å². The fourth-order valence-electron chi connectivity index (χ4n) is 0.731. The molecule has 0 heterocycles. The van der Waals surface area contributed by atoms with Crippen LogP contribution in [0.3, 0.4) is 0 Å². The van der Waals surface area contributed by atoms with Crippen molar-refractivity contribution < 1.29 is 0 Å². The summed E-state index contributed by atoms with van der Waals surface area (Å²) in [7, 11) is 0. The van der Waals surface area contributed by atoms with E-state index in [1.165, 1.54) is 5.56 Å². The molecule has 1 nitrogen and oxygen atoms in total. The van der Waals surface area contributed by atoms with Crippen LogP contribution in [0.15, 0.2) is 41.9 Å². The van der Waals surface area contributed by atoms with E-state index in [1.807, 2.05) is 44.2 Å². The molecule has 0 saturated heterocycles. The molecule has 0 unspecified atom stereocenters. The topological polar surface area (TPSA) is 12.4 Å². The Kier molecular flexibility index (Phi) is 6.91. The SMILES string of the molecule is C=C=NCc1ccccc1.CC. The minimum absolute atomic E-state index is 0.685. The summed E-state index contributed by atoms with van der Waals surface area (Å²) < 4.78 is 0. The first-order valence-corrected chi connectivity index (χ1v) is 4.16. The molecule has 1 heteroatoms. The quantitative estimate of drug-likeness (QED) is 0.591. The molecule has 0 radical (unpaired) electrons. The lowest BCUT2D eigenvalue weighted by Gasteiger charge is -1.90. The van der Waals surface area contributed by atoms with E-state index in [0.717, 1.165) is 0 Å². The highest BCUT2D eigenvalue weighted by atomic mass is 14.7. The van der Waals surface area contributed by atoms with Gasteiger partial charge in [0.05, 0.1) is 6.54 Å². The standard InChI is InChI=1S/C9H9N.C2H6/c1-2-10-8-9-6-4-3-5-7-9;1-2/h3-7H,1,8H2;1-2H3. The van der Waals surface area contributed by atoms with Crippen LogP contribution in [-0.4, -0.2) is 5.87 Å². The van der Waals surface area contributed by atoms with Crippen LogP contribution >= 0.6 is 0 Å². The molecule has 0 aliphatic heterocycles. The van der Waals surface area contributed by atoms with E-state index in [0.29, 0.717) is 6.54 Å². The van der Waals surface area contributed by atoms with Gasteiger partial charge in [0.15, 0.2) is 0 Å². The normalized spacial score (nSPS) is 7.50. The van der Waals surface area contributed by atoms with Crippen molar-refractivity contribution in [2.75, 3.05) is 0 Å². The summed E-state index contributed by atoms with van der Waals surface area (Å²) in [6, 6.07) is 10.0. The number of nitrogens with zero attached hydrogens (tertiary/aromatic N) is 1. The van der Waals surface area contributed by atoms with Crippen LogP contribution in [0.1, 0.15) is 19.4 Å². The van der Waals surface area contributed by atoms with Crippen LogP contribution in [0.5, 0.6) is 0 Å². The third kappa shape index (κ3) is 4.48. The maximum atomic E-state index is 3.88. The Morgan fingerprint density at radius 3 is 2.33 bits per heavy atom. The second kappa shape index (κ2) is 7.77. The molecule has 0 fully saturated rings. The zero-order valence-corrected chi connectivity index (χ0v) is 7.75. The fraction of sp³-hybridized carbons (Fsp3) is 0.273. The largest absolute Gasteiger partial charge is 0.239 e. The van der Waals surface area contributed by atoms with E-state index in [4.69, 9.17) is 0 Å². The predicted octanol–water partition coefficient (Wildman–Crippen LogP) is 3.07. The van der Waals surface area contributed by atoms with Gasteiger partial charge in [-0.1, -0.05) is 44.2 Å². The third-order valence-corrected chi connectivity index (χ3v) is 1.22. The smallest absolute Gasteiger partial charge is 0.0734 e. The van der Waals surface area contributed by atoms with Crippen molar-refractivity contribution in [3.05, 3.63) is 42.5 Å². The third-order valence-electron chi connectivity index (χ3n) is 1.22. The average Bonchev–Trinajstić information content (AvgIpc) is 2.19. The average molecular weight is 161 g/mol. The monoisotopic (exact) mass is 161 g/mol. The molecule has 1 aromatic carbocycles. The van der Waals surface area contributed by atoms with Gasteiger partial charge >= 0.3 is 0 Å². The highest BCUT2D eigenvalue weighted by Crippen LogP contribution is 1.98. The summed E-state index contributed by atoms with van der Waals surface area (Å²) in [4.78, 5) is 3.88. The molecular formula is C11H15N. The highest BCUT2D eigenvalue weighted by Gasteiger charge is 1.83. The number of hydrogen-bond acceptors (Lipinski definition) is 1. The van der Waals surface area contributed by atoms with Gasteiger partial charge in [0.25, 0.3) is 0 Å². The second-order valence-corrected chi connectivity index (χ2v) is 1.96. The first kappa shape index (κ1) is 10.7. The molecule has 1 rings (SSSR count). The molecule has 0 amide bonds. The lowest BCUT2D eigenvalue weighted by molar-refractivity contribution is 1.08. The summed E-state index contributed by atoms with van der Waals surface area (Å²) in [5, 5.41) is 0. The van der Waals surface area contributed by atoms with Crippen molar-refractivity contribution in [1.82, 2.24) is 0 Å². The summed E-state index contributed by atoms with van der Waals surface area (Å²) in [5.41, 5.74) is 1.19. The number of hydrogen-bond donors (Lipinski definition) is 0. The molecule has 12 heavy (non-hydrogen) atoms. The van der Waals surface area contributed by atoms with Crippen LogP contribution < -0.4 is 0 Å². The van der Waals surface area contributed by atoms with Gasteiger partial charge in [0, 0.05) is 0 Å². The Hall–Kier alpha value is -1.33. The minimum atomic E-state index is 0.685. The van der Waals surface area contributed by atoms with E-state index >= 15 is 0 Å². The zero-order valence-electron chi connectivity index (χ0n) is 7.75. The van der Waals surface area contributed by atoms with E-state index in [2.05, 4.69) is 17.4 Å². The van der Waals surface area contributed by atoms with Crippen molar-refractivity contribution in [3.8, 4) is 0 Å². The Morgan fingerprint density at radius 1 is 1.25 bits per heavy atom. The van der Waals surface area contributed by atoms with E-state index in [9.17, 15) is 0 Å². The van der Waals surface area contributed by atoms with E-state index < -0.39 is 0 Å². The fourth-order valence-corrected chi connectivity index (χ4v) is 0.731. The van der Waals surface area contributed by atoms with Gasteiger partial charge in [0.1, 0.15) is 0 Å². The van der Waals surface area contributed by atoms with Gasteiger partial charge in [-0.25, -0.2) is 4.99 Å². The van der Waals surface area contributed by atoms with Crippen LogP contribution in [0.2, 0.25) is 0 Å². The van der Waals surface area contributed by atoms with Crippen LogP contribution in [0.25, 0.3) is 0 Å². The minimum Gasteiger partial charge on any atom is -0.239 e. The predicted molar refractivity (Wildman–Crippen MR) is 54.6 cm³/mol. The van der Waals surface area contributed by atoms with Gasteiger partial charge in [-0.3, -0.25) is 0 Å². The Morgan fingerprint density at radius 2 is 1.83 bits per heavy atom. The van der Waals surface area contributed by atoms with E-state index in [1.54, 1.807) is 0 Å². The second-order valence-electron chi connectivity index (χ2n) is 1.96. The summed E-state index contributed by atoms with van der Waals surface area (Å²) in [5.74, 6) is 2.49. The van der Waals surface area contributed by atoms with Crippen molar-refractivity contribution in [1.29, 1.82) is 0 Å². The number of benzene rings is 1. The Balaban J connectivity index is 0.000000561. The van der Waals surface area contributed by atoms with E-state index in [-0.39, 0.29) is 0 Å². The van der Waals surface area contributed by atoms with Crippen LogP contribution in [0, 0.1) is 0 Å². The maximum absolute atomic E-state index is 3.88. The van der Waals surface area contributed by atoms with Crippen molar-refractivity contribution in [3.63, 3.8) is 0 Å². The maximum Gasteiger partial charge on any atom is 0.0734 e. The molecule has 0 atom stereocenters. The Bertz CT molecular complexity index is 232. The zero-order chi connectivity index (χ0) is 9.23. The highest BCUT2D eigenvalue weighted by molar-refractivity contribution is 5.46. The molecular weight excluding hydrogens is 146 g/mol. The van der Waals surface area contributed by atoms with Gasteiger partial charge in [-0.2, -0.15) is 0 Å². The lowest BCUT2D eigenvalue weighted by Crippen LogP contribution is -1.77. The number of rotatable bonds is 2. The van der Waals surface area contributed by atoms with Crippen molar-refractivity contribution in [2.24, 2.45) is 4.99 Å². The Labute approximate surface area is 74.5 Å². The summed E-state index contributed by atoms with van der Waals surface area (Å²) in [6.45, 7) is 8.07. The van der Waals surface area contributed by atoms with Crippen LogP contribution in [-0.2, 0) is 6.54 Å². The van der Waals surface area contributed by atoms with Gasteiger partial charge in [-0.05, 0) is 18.0 Å². The molecule has 0 saturated carbocycles. The van der Waals surface area contributed by atoms with Gasteiger partial charge < -0.3 is 0 Å². The van der Waals surface area contributed by atoms with Crippen LogP contribution in [0.4, 0.5) is 0 Å². The number of aliphatic imine (C=N–C) groups is 1. The molecule has 0 bridgehead atoms. The molecule has 0 spiro atoms. The summed E-state index contributed by atoms with van der Waals surface area (Å²) >= 11 is 0. The summed E-state index contributed by atoms with van der Waals surface area (Å²) in [6.07, 6.45) is 0. The van der Waals surface area contributed by atoms with Gasteiger partial charge in [-0.15, -0.1) is 0 Å². The van der Waals surface area contributed by atoms with Crippen molar-refractivity contribution >= 4 is 5.87 Å². The first-order valence-electron chi connectivity index (χ1n) is 4.16. The molecule has 1 aromatic rings.